The van der Waals surface area contributed by atoms with Crippen molar-refractivity contribution in [1.82, 2.24) is 4.90 Å². The number of hydrogen-bond donors (Lipinski definition) is 0. The van der Waals surface area contributed by atoms with Crippen molar-refractivity contribution in [2.24, 2.45) is 0 Å². The molecule has 0 aromatic rings. The molecule has 116 valence electrons. The Labute approximate surface area is 124 Å². The van der Waals surface area contributed by atoms with Gasteiger partial charge < -0.3 is 9.64 Å². The highest BCUT2D eigenvalue weighted by Crippen LogP contribution is 2.09. The van der Waals surface area contributed by atoms with Crippen LogP contribution in [0.1, 0.15) is 64.7 Å². The summed E-state index contributed by atoms with van der Waals surface area (Å²) in [5.41, 5.74) is 0. The van der Waals surface area contributed by atoms with Crippen molar-refractivity contribution in [3.05, 3.63) is 0 Å². The maximum Gasteiger partial charge on any atom is 0.222 e. The smallest absolute Gasteiger partial charge is 0.222 e. The molecule has 0 fully saturated rings. The quantitative estimate of drug-likeness (QED) is 0.486. The molecule has 4 nitrogen and oxygen atoms in total. The van der Waals surface area contributed by atoms with Gasteiger partial charge in [0.15, 0.2) is 0 Å². The van der Waals surface area contributed by atoms with Crippen LogP contribution >= 0.6 is 0 Å². The lowest BCUT2D eigenvalue weighted by atomic mass is 10.1. The summed E-state index contributed by atoms with van der Waals surface area (Å²) in [6, 6.07) is 2.09. The zero-order valence-corrected chi connectivity index (χ0v) is 13.2. The third-order valence-corrected chi connectivity index (χ3v) is 3.41. The minimum atomic E-state index is 0.158. The fraction of sp³-hybridized carbons (Fsp3) is 0.875. The van der Waals surface area contributed by atoms with Crippen LogP contribution in [0.4, 0.5) is 0 Å². The fourth-order valence-electron chi connectivity index (χ4n) is 2.14. The van der Waals surface area contributed by atoms with Crippen LogP contribution in [0.25, 0.3) is 0 Å². The van der Waals surface area contributed by atoms with Crippen LogP contribution in [0.3, 0.4) is 0 Å². The average Bonchev–Trinajstić information content (AvgIpc) is 2.46. The Morgan fingerprint density at radius 2 is 1.75 bits per heavy atom. The van der Waals surface area contributed by atoms with Gasteiger partial charge in [-0.2, -0.15) is 5.26 Å². The molecule has 0 aromatic heterocycles. The summed E-state index contributed by atoms with van der Waals surface area (Å²) in [6.07, 6.45) is 9.49. The molecule has 0 heterocycles. The van der Waals surface area contributed by atoms with Crippen molar-refractivity contribution in [3.63, 3.8) is 0 Å². The summed E-state index contributed by atoms with van der Waals surface area (Å²) in [7, 11) is 1.63. The van der Waals surface area contributed by atoms with E-state index in [0.29, 0.717) is 32.5 Å². The van der Waals surface area contributed by atoms with Crippen LogP contribution in [0.15, 0.2) is 0 Å². The van der Waals surface area contributed by atoms with E-state index in [2.05, 4.69) is 13.0 Å². The third-order valence-electron chi connectivity index (χ3n) is 3.41. The number of carbonyl (C=O) groups excluding carboxylic acids is 1. The number of amides is 1. The lowest BCUT2D eigenvalue weighted by Crippen LogP contribution is -2.34. The second kappa shape index (κ2) is 14.3. The maximum atomic E-state index is 12.1. The van der Waals surface area contributed by atoms with Crippen molar-refractivity contribution in [3.8, 4) is 6.07 Å². The van der Waals surface area contributed by atoms with Gasteiger partial charge in [-0.1, -0.05) is 45.4 Å². The SMILES string of the molecule is CCCCCCCCCC(=O)N(CCC#N)CCOC. The Balaban J connectivity index is 3.74. The van der Waals surface area contributed by atoms with Crippen molar-refractivity contribution in [1.29, 1.82) is 5.26 Å². The van der Waals surface area contributed by atoms with Crippen molar-refractivity contribution >= 4 is 5.91 Å². The zero-order chi connectivity index (χ0) is 15.1. The van der Waals surface area contributed by atoms with E-state index >= 15 is 0 Å². The maximum absolute atomic E-state index is 12.1. The van der Waals surface area contributed by atoms with Crippen molar-refractivity contribution < 1.29 is 9.53 Å². The highest BCUT2D eigenvalue weighted by molar-refractivity contribution is 5.76. The van der Waals surface area contributed by atoms with E-state index in [1.54, 1.807) is 12.0 Å². The van der Waals surface area contributed by atoms with Gasteiger partial charge in [-0.25, -0.2) is 0 Å². The summed E-state index contributed by atoms with van der Waals surface area (Å²) in [5, 5.41) is 8.62. The van der Waals surface area contributed by atoms with Gasteiger partial charge in [-0.05, 0) is 6.42 Å². The summed E-state index contributed by atoms with van der Waals surface area (Å²) in [5.74, 6) is 0.158. The van der Waals surface area contributed by atoms with Crippen LogP contribution in [0, 0.1) is 11.3 Å². The average molecular weight is 282 g/mol. The van der Waals surface area contributed by atoms with Crippen molar-refractivity contribution in [2.75, 3.05) is 26.8 Å². The molecule has 0 saturated carbocycles. The first-order valence-electron chi connectivity index (χ1n) is 7.89. The van der Waals surface area contributed by atoms with Gasteiger partial charge in [-0.15, -0.1) is 0 Å². The van der Waals surface area contributed by atoms with E-state index in [9.17, 15) is 4.79 Å². The topological polar surface area (TPSA) is 53.3 Å². The lowest BCUT2D eigenvalue weighted by molar-refractivity contribution is -0.131. The summed E-state index contributed by atoms with van der Waals surface area (Å²) < 4.78 is 5.01. The Hall–Kier alpha value is -1.08. The van der Waals surface area contributed by atoms with Crippen molar-refractivity contribution in [2.45, 2.75) is 64.7 Å². The van der Waals surface area contributed by atoms with E-state index in [0.717, 1.165) is 12.8 Å². The predicted molar refractivity (Wildman–Crippen MR) is 81.3 cm³/mol. The highest BCUT2D eigenvalue weighted by Gasteiger charge is 2.12. The molecule has 0 aromatic carbocycles. The number of rotatable bonds is 13. The highest BCUT2D eigenvalue weighted by atomic mass is 16.5. The molecular formula is C16H30N2O2. The molecule has 0 aliphatic rings. The zero-order valence-electron chi connectivity index (χ0n) is 13.2. The molecule has 0 spiro atoms. The summed E-state index contributed by atoms with van der Waals surface area (Å²) in [6.45, 7) is 3.87. The second-order valence-corrected chi connectivity index (χ2v) is 5.15. The summed E-state index contributed by atoms with van der Waals surface area (Å²) >= 11 is 0. The predicted octanol–water partition coefficient (Wildman–Crippen LogP) is 3.52. The van der Waals surface area contributed by atoms with E-state index < -0.39 is 0 Å². The number of ether oxygens (including phenoxy) is 1. The van der Waals surface area contributed by atoms with E-state index in [4.69, 9.17) is 10.00 Å². The molecule has 1 amide bonds. The normalized spacial score (nSPS) is 10.2. The second-order valence-electron chi connectivity index (χ2n) is 5.15. The lowest BCUT2D eigenvalue weighted by Gasteiger charge is -2.21. The van der Waals surface area contributed by atoms with Crippen LogP contribution < -0.4 is 0 Å². The van der Waals surface area contributed by atoms with Gasteiger partial charge in [0.1, 0.15) is 0 Å². The molecule has 0 saturated heterocycles. The monoisotopic (exact) mass is 282 g/mol. The molecule has 0 atom stereocenters. The first-order valence-corrected chi connectivity index (χ1v) is 7.89. The van der Waals surface area contributed by atoms with E-state index in [1.165, 1.54) is 32.1 Å². The minimum absolute atomic E-state index is 0.158. The van der Waals surface area contributed by atoms with Crippen LogP contribution in [0.5, 0.6) is 0 Å². The molecular weight excluding hydrogens is 252 g/mol. The number of nitrogens with zero attached hydrogens (tertiary/aromatic N) is 2. The molecule has 0 aliphatic carbocycles. The number of methoxy groups -OCH3 is 1. The van der Waals surface area contributed by atoms with Crippen LogP contribution in [-0.4, -0.2) is 37.6 Å². The van der Waals surface area contributed by atoms with Gasteiger partial charge in [0, 0.05) is 26.6 Å². The Kier molecular flexibility index (Phi) is 13.6. The standard InChI is InChI=1S/C16H30N2O2/c1-3-4-5-6-7-8-9-11-16(19)18(13-10-12-17)14-15-20-2/h3-11,13-15H2,1-2H3. The molecule has 0 rings (SSSR count). The molecule has 0 unspecified atom stereocenters. The minimum Gasteiger partial charge on any atom is -0.383 e. The Morgan fingerprint density at radius 3 is 2.35 bits per heavy atom. The Bertz CT molecular complexity index is 274. The molecule has 0 aliphatic heterocycles. The fourth-order valence-corrected chi connectivity index (χ4v) is 2.14. The summed E-state index contributed by atoms with van der Waals surface area (Å²) in [4.78, 5) is 13.8. The number of nitriles is 1. The number of unbranched alkanes of at least 4 members (excludes halogenated alkanes) is 6. The first-order chi connectivity index (χ1) is 9.76. The van der Waals surface area contributed by atoms with Gasteiger partial charge in [-0.3, -0.25) is 4.79 Å². The van der Waals surface area contributed by atoms with Crippen LogP contribution in [0.2, 0.25) is 0 Å². The van der Waals surface area contributed by atoms with E-state index in [-0.39, 0.29) is 5.91 Å². The van der Waals surface area contributed by atoms with Gasteiger partial charge in [0.25, 0.3) is 0 Å². The molecule has 0 bridgehead atoms. The first kappa shape index (κ1) is 18.9. The molecule has 4 heteroatoms. The van der Waals surface area contributed by atoms with Gasteiger partial charge >= 0.3 is 0 Å². The molecule has 0 N–H and O–H groups in total. The largest absolute Gasteiger partial charge is 0.383 e. The van der Waals surface area contributed by atoms with Gasteiger partial charge in [0.2, 0.25) is 5.91 Å². The van der Waals surface area contributed by atoms with Gasteiger partial charge in [0.05, 0.1) is 19.1 Å². The number of carbonyl (C=O) groups is 1. The molecule has 0 radical (unpaired) electrons. The molecule has 20 heavy (non-hydrogen) atoms. The number of hydrogen-bond acceptors (Lipinski definition) is 3. The van der Waals surface area contributed by atoms with E-state index in [1.807, 2.05) is 0 Å². The Morgan fingerprint density at radius 1 is 1.10 bits per heavy atom. The van der Waals surface area contributed by atoms with Crippen LogP contribution in [-0.2, 0) is 9.53 Å². The third kappa shape index (κ3) is 10.8.